The van der Waals surface area contributed by atoms with E-state index in [4.69, 9.17) is 0 Å². The minimum atomic E-state index is 0.0877. The highest BCUT2D eigenvalue weighted by atomic mass is 16.1. The Morgan fingerprint density at radius 2 is 1.77 bits per heavy atom. The monoisotopic (exact) mass is 298 g/mol. The summed E-state index contributed by atoms with van der Waals surface area (Å²) in [6, 6.07) is 0. The number of hydrogen-bond acceptors (Lipinski definition) is 1. The van der Waals surface area contributed by atoms with Crippen molar-refractivity contribution in [2.24, 2.45) is 5.41 Å². The highest BCUT2D eigenvalue weighted by Crippen LogP contribution is 2.40. The summed E-state index contributed by atoms with van der Waals surface area (Å²) in [5.41, 5.74) is 5.50. The summed E-state index contributed by atoms with van der Waals surface area (Å²) in [4.78, 5) is 11.0. The Labute approximate surface area is 136 Å². The summed E-state index contributed by atoms with van der Waals surface area (Å²) in [5.74, 6) is 0.0877. The van der Waals surface area contributed by atoms with Crippen molar-refractivity contribution in [2.45, 2.75) is 60.8 Å². The number of hydrogen-bond donors (Lipinski definition) is 0. The van der Waals surface area contributed by atoms with Gasteiger partial charge in [0, 0.05) is 0 Å². The van der Waals surface area contributed by atoms with Crippen LogP contribution in [-0.2, 0) is 4.79 Å². The highest BCUT2D eigenvalue weighted by Gasteiger charge is 2.26. The number of allylic oxidation sites excluding steroid dienone is 10. The largest absolute Gasteiger partial charge is 0.295 e. The molecule has 0 saturated heterocycles. The second kappa shape index (κ2) is 8.12. The van der Waals surface area contributed by atoms with Crippen LogP contribution < -0.4 is 0 Å². The molecule has 1 aliphatic carbocycles. The third kappa shape index (κ3) is 6.01. The molecule has 1 aliphatic rings. The number of carbonyl (C=O) groups is 1. The highest BCUT2D eigenvalue weighted by molar-refractivity contribution is 5.88. The fraction of sp³-hybridized carbons (Fsp3) is 0.476. The molecule has 0 aromatic rings. The maximum atomic E-state index is 11.0. The van der Waals surface area contributed by atoms with E-state index in [1.54, 1.807) is 13.0 Å². The molecule has 0 radical (unpaired) electrons. The van der Waals surface area contributed by atoms with E-state index in [0.717, 1.165) is 5.57 Å². The van der Waals surface area contributed by atoms with Gasteiger partial charge in [0.2, 0.25) is 0 Å². The first-order valence-electron chi connectivity index (χ1n) is 8.14. The van der Waals surface area contributed by atoms with Gasteiger partial charge in [-0.05, 0) is 69.6 Å². The van der Waals surface area contributed by atoms with Crippen LogP contribution in [0.25, 0.3) is 0 Å². The molecule has 0 atom stereocenters. The molecule has 1 heteroatoms. The standard InChI is InChI=1S/C21H30O/c1-16(9-7-10-17(2)15-19(4)22)12-13-20-18(3)11-8-14-21(20,5)6/h7,9-10,12-13,15H,8,11,14H2,1-6H3. The molecule has 0 aromatic heterocycles. The Morgan fingerprint density at radius 1 is 1.09 bits per heavy atom. The van der Waals surface area contributed by atoms with Crippen molar-refractivity contribution in [1.82, 2.24) is 0 Å². The third-order valence-corrected chi connectivity index (χ3v) is 4.20. The van der Waals surface area contributed by atoms with Gasteiger partial charge in [-0.3, -0.25) is 4.79 Å². The van der Waals surface area contributed by atoms with Crippen LogP contribution in [-0.4, -0.2) is 5.78 Å². The lowest BCUT2D eigenvalue weighted by molar-refractivity contribution is -0.112. The molecule has 1 rings (SSSR count). The summed E-state index contributed by atoms with van der Waals surface area (Å²) in [6.07, 6.45) is 16.0. The minimum absolute atomic E-state index is 0.0877. The quantitative estimate of drug-likeness (QED) is 0.442. The van der Waals surface area contributed by atoms with E-state index in [1.165, 1.54) is 36.0 Å². The van der Waals surface area contributed by atoms with Gasteiger partial charge < -0.3 is 0 Å². The first kappa shape index (κ1) is 18.4. The first-order chi connectivity index (χ1) is 10.2. The van der Waals surface area contributed by atoms with Gasteiger partial charge in [-0.2, -0.15) is 0 Å². The Hall–Kier alpha value is -1.63. The van der Waals surface area contributed by atoms with Crippen LogP contribution in [0.5, 0.6) is 0 Å². The van der Waals surface area contributed by atoms with E-state index in [1.807, 2.05) is 19.1 Å². The molecular formula is C21H30O. The minimum Gasteiger partial charge on any atom is -0.295 e. The molecule has 0 amide bonds. The van der Waals surface area contributed by atoms with E-state index in [2.05, 4.69) is 45.9 Å². The van der Waals surface area contributed by atoms with E-state index in [-0.39, 0.29) is 11.2 Å². The molecule has 0 spiro atoms. The van der Waals surface area contributed by atoms with Crippen molar-refractivity contribution in [3.8, 4) is 0 Å². The predicted molar refractivity (Wildman–Crippen MR) is 96.8 cm³/mol. The van der Waals surface area contributed by atoms with Gasteiger partial charge in [-0.25, -0.2) is 0 Å². The molecular weight excluding hydrogens is 268 g/mol. The normalized spacial score (nSPS) is 20.3. The van der Waals surface area contributed by atoms with Gasteiger partial charge in [0.25, 0.3) is 0 Å². The lowest BCUT2D eigenvalue weighted by Crippen LogP contribution is -2.19. The van der Waals surface area contributed by atoms with E-state index in [0.29, 0.717) is 0 Å². The third-order valence-electron chi connectivity index (χ3n) is 4.20. The zero-order valence-corrected chi connectivity index (χ0v) is 15.0. The van der Waals surface area contributed by atoms with Crippen molar-refractivity contribution in [2.75, 3.05) is 0 Å². The van der Waals surface area contributed by atoms with E-state index >= 15 is 0 Å². The van der Waals surface area contributed by atoms with Crippen LogP contribution in [0, 0.1) is 5.41 Å². The average molecular weight is 298 g/mol. The van der Waals surface area contributed by atoms with Gasteiger partial charge in [0.15, 0.2) is 5.78 Å². The SMILES string of the molecule is CC(=O)C=C(C)C=CC=C(C)C=CC1=C(C)CCCC1(C)C. The Balaban J connectivity index is 2.79. The maximum Gasteiger partial charge on any atom is 0.152 e. The van der Waals surface area contributed by atoms with Crippen molar-refractivity contribution >= 4 is 5.78 Å². The van der Waals surface area contributed by atoms with E-state index in [9.17, 15) is 4.79 Å². The van der Waals surface area contributed by atoms with Gasteiger partial charge in [0.1, 0.15) is 0 Å². The fourth-order valence-electron chi connectivity index (χ4n) is 3.00. The fourth-order valence-corrected chi connectivity index (χ4v) is 3.00. The molecule has 0 unspecified atom stereocenters. The second-order valence-electron chi connectivity index (χ2n) is 7.03. The maximum absolute atomic E-state index is 11.0. The summed E-state index contributed by atoms with van der Waals surface area (Å²) < 4.78 is 0. The molecule has 22 heavy (non-hydrogen) atoms. The summed E-state index contributed by atoms with van der Waals surface area (Å²) >= 11 is 0. The summed E-state index contributed by atoms with van der Waals surface area (Å²) in [6.45, 7) is 12.6. The molecule has 0 aromatic carbocycles. The molecule has 1 nitrogen and oxygen atoms in total. The molecule has 0 fully saturated rings. The van der Waals surface area contributed by atoms with Crippen LogP contribution >= 0.6 is 0 Å². The Kier molecular flexibility index (Phi) is 6.80. The van der Waals surface area contributed by atoms with Crippen LogP contribution in [0.15, 0.2) is 58.7 Å². The lowest BCUT2D eigenvalue weighted by Gasteiger charge is -2.32. The van der Waals surface area contributed by atoms with Crippen molar-refractivity contribution in [3.63, 3.8) is 0 Å². The number of carbonyl (C=O) groups excluding carboxylic acids is 1. The van der Waals surface area contributed by atoms with Gasteiger partial charge in [-0.15, -0.1) is 0 Å². The summed E-state index contributed by atoms with van der Waals surface area (Å²) in [5, 5.41) is 0. The average Bonchev–Trinajstić information content (AvgIpc) is 2.36. The van der Waals surface area contributed by atoms with Gasteiger partial charge in [-0.1, -0.05) is 55.4 Å². The molecule has 0 bridgehead atoms. The number of rotatable bonds is 5. The number of ketones is 1. The first-order valence-corrected chi connectivity index (χ1v) is 8.14. The van der Waals surface area contributed by atoms with Gasteiger partial charge in [0.05, 0.1) is 0 Å². The topological polar surface area (TPSA) is 17.1 Å². The van der Waals surface area contributed by atoms with Crippen LogP contribution in [0.1, 0.15) is 60.8 Å². The molecule has 0 aliphatic heterocycles. The molecule has 120 valence electrons. The van der Waals surface area contributed by atoms with Crippen LogP contribution in [0.3, 0.4) is 0 Å². The van der Waals surface area contributed by atoms with Crippen molar-refractivity contribution < 1.29 is 4.79 Å². The molecule has 0 heterocycles. The Morgan fingerprint density at radius 3 is 2.36 bits per heavy atom. The molecule has 0 N–H and O–H groups in total. The van der Waals surface area contributed by atoms with E-state index < -0.39 is 0 Å². The smallest absolute Gasteiger partial charge is 0.152 e. The second-order valence-corrected chi connectivity index (χ2v) is 7.03. The zero-order chi connectivity index (χ0) is 16.8. The van der Waals surface area contributed by atoms with Crippen molar-refractivity contribution in [1.29, 1.82) is 0 Å². The lowest BCUT2D eigenvalue weighted by atomic mass is 9.72. The predicted octanol–water partition coefficient (Wildman–Crippen LogP) is 6.11. The Bertz CT molecular complexity index is 563. The van der Waals surface area contributed by atoms with Crippen molar-refractivity contribution in [3.05, 3.63) is 58.7 Å². The molecule has 0 saturated carbocycles. The zero-order valence-electron chi connectivity index (χ0n) is 15.0. The van der Waals surface area contributed by atoms with Gasteiger partial charge >= 0.3 is 0 Å². The van der Waals surface area contributed by atoms with Crippen LogP contribution in [0.2, 0.25) is 0 Å². The van der Waals surface area contributed by atoms with Crippen LogP contribution in [0.4, 0.5) is 0 Å². The summed E-state index contributed by atoms with van der Waals surface area (Å²) in [7, 11) is 0.